The predicted octanol–water partition coefficient (Wildman–Crippen LogP) is 3.28. The zero-order chi connectivity index (χ0) is 15.0. The van der Waals surface area contributed by atoms with Crippen molar-refractivity contribution in [1.29, 1.82) is 0 Å². The lowest BCUT2D eigenvalue weighted by molar-refractivity contribution is -0.384. The molecule has 0 aliphatic heterocycles. The number of rotatable bonds is 7. The molecule has 0 radical (unpaired) electrons. The molecule has 0 spiro atoms. The third kappa shape index (κ3) is 5.17. The van der Waals surface area contributed by atoms with Crippen molar-refractivity contribution in [1.82, 2.24) is 5.43 Å². The molecular weight excluding hydrogens is 258 g/mol. The predicted molar refractivity (Wildman–Crippen MR) is 77.8 cm³/mol. The average Bonchev–Trinajstić information content (AvgIpc) is 2.45. The van der Waals surface area contributed by atoms with Gasteiger partial charge in [0.15, 0.2) is 0 Å². The number of nitro benzene ring substituents is 1. The Bertz CT molecular complexity index is 512. The molecule has 1 aromatic rings. The summed E-state index contributed by atoms with van der Waals surface area (Å²) in [6.07, 6.45) is 4.14. The van der Waals surface area contributed by atoms with Crippen molar-refractivity contribution in [2.24, 2.45) is 5.10 Å². The lowest BCUT2D eigenvalue weighted by Crippen LogP contribution is -2.19. The van der Waals surface area contributed by atoms with E-state index in [4.69, 9.17) is 0 Å². The van der Waals surface area contributed by atoms with Crippen LogP contribution in [0.3, 0.4) is 0 Å². The molecule has 20 heavy (non-hydrogen) atoms. The van der Waals surface area contributed by atoms with Gasteiger partial charge in [0.25, 0.3) is 11.6 Å². The number of hydrogen-bond donors (Lipinski definition) is 1. The fourth-order valence-corrected chi connectivity index (χ4v) is 1.66. The zero-order valence-electron chi connectivity index (χ0n) is 11.8. The minimum atomic E-state index is -0.532. The van der Waals surface area contributed by atoms with Crippen LogP contribution in [0.1, 0.15) is 49.9 Å². The van der Waals surface area contributed by atoms with E-state index in [0.29, 0.717) is 0 Å². The monoisotopic (exact) mass is 277 g/mol. The van der Waals surface area contributed by atoms with E-state index >= 15 is 0 Å². The van der Waals surface area contributed by atoms with Crippen LogP contribution < -0.4 is 5.43 Å². The molecule has 0 saturated carbocycles. The van der Waals surface area contributed by atoms with Gasteiger partial charge in [0.1, 0.15) is 0 Å². The van der Waals surface area contributed by atoms with Crippen molar-refractivity contribution in [2.75, 3.05) is 0 Å². The highest BCUT2D eigenvalue weighted by molar-refractivity contribution is 5.95. The lowest BCUT2D eigenvalue weighted by atomic mass is 10.1. The molecule has 108 valence electrons. The highest BCUT2D eigenvalue weighted by atomic mass is 16.6. The fraction of sp³-hybridized carbons (Fsp3) is 0.429. The number of carbonyl (C=O) groups is 1. The highest BCUT2D eigenvalue weighted by Gasteiger charge is 2.10. The van der Waals surface area contributed by atoms with Crippen molar-refractivity contribution in [3.05, 3.63) is 39.9 Å². The van der Waals surface area contributed by atoms with Crippen molar-refractivity contribution < 1.29 is 9.72 Å². The van der Waals surface area contributed by atoms with Gasteiger partial charge in [-0.2, -0.15) is 5.10 Å². The van der Waals surface area contributed by atoms with E-state index < -0.39 is 10.8 Å². The van der Waals surface area contributed by atoms with Crippen LogP contribution >= 0.6 is 0 Å². The van der Waals surface area contributed by atoms with E-state index in [9.17, 15) is 14.9 Å². The summed E-state index contributed by atoms with van der Waals surface area (Å²) in [7, 11) is 0. The number of amides is 1. The molecule has 1 aromatic carbocycles. The Balaban J connectivity index is 2.60. The first kappa shape index (κ1) is 15.8. The topological polar surface area (TPSA) is 84.6 Å². The first-order valence-electron chi connectivity index (χ1n) is 6.62. The Morgan fingerprint density at radius 2 is 2.15 bits per heavy atom. The number of nitrogens with one attached hydrogen (secondary N) is 1. The van der Waals surface area contributed by atoms with Crippen LogP contribution in [0.15, 0.2) is 29.4 Å². The van der Waals surface area contributed by atoms with Crippen molar-refractivity contribution in [3.8, 4) is 0 Å². The Kier molecular flexibility index (Phi) is 6.36. The maximum absolute atomic E-state index is 11.8. The van der Waals surface area contributed by atoms with Crippen LogP contribution in [-0.2, 0) is 0 Å². The average molecular weight is 277 g/mol. The second kappa shape index (κ2) is 8.04. The van der Waals surface area contributed by atoms with E-state index in [0.717, 1.165) is 31.4 Å². The first-order valence-corrected chi connectivity index (χ1v) is 6.62. The number of benzene rings is 1. The van der Waals surface area contributed by atoms with E-state index in [1.54, 1.807) is 0 Å². The van der Waals surface area contributed by atoms with Crippen LogP contribution in [0.25, 0.3) is 0 Å². The highest BCUT2D eigenvalue weighted by Crippen LogP contribution is 2.12. The summed E-state index contributed by atoms with van der Waals surface area (Å²) in [6, 6.07) is 5.57. The number of carbonyl (C=O) groups excluding carboxylic acids is 1. The molecule has 1 N–H and O–H groups in total. The van der Waals surface area contributed by atoms with Gasteiger partial charge in [-0.15, -0.1) is 0 Å². The quantitative estimate of drug-likeness (QED) is 0.359. The van der Waals surface area contributed by atoms with Crippen molar-refractivity contribution in [2.45, 2.75) is 39.5 Å². The molecule has 6 nitrogen and oxygen atoms in total. The molecule has 0 aliphatic carbocycles. The van der Waals surface area contributed by atoms with Gasteiger partial charge in [-0.05, 0) is 25.8 Å². The third-order valence-electron chi connectivity index (χ3n) is 2.81. The maximum atomic E-state index is 11.8. The molecule has 0 unspecified atom stereocenters. The second-order valence-electron chi connectivity index (χ2n) is 4.55. The Morgan fingerprint density at radius 1 is 1.40 bits per heavy atom. The summed E-state index contributed by atoms with van der Waals surface area (Å²) in [5.41, 5.74) is 3.38. The van der Waals surface area contributed by atoms with Crippen LogP contribution in [0.4, 0.5) is 5.69 Å². The van der Waals surface area contributed by atoms with Crippen molar-refractivity contribution >= 4 is 17.3 Å². The first-order chi connectivity index (χ1) is 9.54. The van der Waals surface area contributed by atoms with Gasteiger partial charge in [-0.1, -0.05) is 25.8 Å². The van der Waals surface area contributed by atoms with Gasteiger partial charge >= 0.3 is 0 Å². The normalized spacial score (nSPS) is 11.2. The van der Waals surface area contributed by atoms with Gasteiger partial charge in [-0.25, -0.2) is 5.43 Å². The Morgan fingerprint density at radius 3 is 2.80 bits per heavy atom. The molecule has 0 fully saturated rings. The molecule has 0 atom stereocenters. The van der Waals surface area contributed by atoms with Gasteiger partial charge in [-0.3, -0.25) is 14.9 Å². The molecule has 6 heteroatoms. The zero-order valence-corrected chi connectivity index (χ0v) is 11.8. The second-order valence-corrected chi connectivity index (χ2v) is 4.55. The third-order valence-corrected chi connectivity index (χ3v) is 2.81. The van der Waals surface area contributed by atoms with Crippen molar-refractivity contribution in [3.63, 3.8) is 0 Å². The summed E-state index contributed by atoms with van der Waals surface area (Å²) in [5, 5.41) is 14.6. The largest absolute Gasteiger partial charge is 0.271 e. The molecule has 0 saturated heterocycles. The van der Waals surface area contributed by atoms with Gasteiger partial charge in [0, 0.05) is 23.4 Å². The Hall–Kier alpha value is -2.24. The molecule has 1 amide bonds. The molecule has 1 rings (SSSR count). The fourth-order valence-electron chi connectivity index (χ4n) is 1.66. The molecule has 0 aromatic heterocycles. The Labute approximate surface area is 118 Å². The van der Waals surface area contributed by atoms with Crippen LogP contribution in [-0.4, -0.2) is 16.5 Å². The summed E-state index contributed by atoms with van der Waals surface area (Å²) in [5.74, 6) is -0.441. The lowest BCUT2D eigenvalue weighted by Gasteiger charge is -2.02. The van der Waals surface area contributed by atoms with Crippen LogP contribution in [0.2, 0.25) is 0 Å². The minimum absolute atomic E-state index is 0.110. The van der Waals surface area contributed by atoms with Crippen LogP contribution in [0, 0.1) is 10.1 Å². The molecule has 0 aliphatic rings. The van der Waals surface area contributed by atoms with Gasteiger partial charge in [0.05, 0.1) is 4.92 Å². The van der Waals surface area contributed by atoms with E-state index in [2.05, 4.69) is 17.5 Å². The maximum Gasteiger partial charge on any atom is 0.271 e. The van der Waals surface area contributed by atoms with Gasteiger partial charge in [0.2, 0.25) is 0 Å². The molecule has 0 bridgehead atoms. The summed E-state index contributed by atoms with van der Waals surface area (Å²) >= 11 is 0. The summed E-state index contributed by atoms with van der Waals surface area (Å²) < 4.78 is 0. The number of hydrazone groups is 1. The van der Waals surface area contributed by atoms with Crippen LogP contribution in [0.5, 0.6) is 0 Å². The van der Waals surface area contributed by atoms with E-state index in [-0.39, 0.29) is 11.3 Å². The molecule has 0 heterocycles. The van der Waals surface area contributed by atoms with Gasteiger partial charge < -0.3 is 0 Å². The van der Waals surface area contributed by atoms with E-state index in [1.165, 1.54) is 24.3 Å². The standard InChI is InChI=1S/C14H19N3O3/c1-3-4-5-7-11(2)15-16-14(18)12-8-6-9-13(10-12)17(19)20/h6,8-10H,3-5,7H2,1-2H3,(H,16,18)/b15-11+. The number of non-ortho nitro benzene ring substituents is 1. The minimum Gasteiger partial charge on any atom is -0.267 e. The number of unbranched alkanes of at least 4 members (excludes halogenated alkanes) is 2. The number of nitro groups is 1. The SMILES string of the molecule is CCCCC/C(C)=N/NC(=O)c1cccc([N+](=O)[O-])c1. The number of hydrogen-bond acceptors (Lipinski definition) is 4. The molecular formula is C14H19N3O3. The summed E-state index contributed by atoms with van der Waals surface area (Å²) in [6.45, 7) is 3.97. The number of nitrogens with zero attached hydrogens (tertiary/aromatic N) is 2. The summed E-state index contributed by atoms with van der Waals surface area (Å²) in [4.78, 5) is 21.9. The smallest absolute Gasteiger partial charge is 0.267 e. The van der Waals surface area contributed by atoms with E-state index in [1.807, 2.05) is 6.92 Å².